The highest BCUT2D eigenvalue weighted by Crippen LogP contribution is 2.37. The maximum atomic E-state index is 11.0. The first-order valence-electron chi connectivity index (χ1n) is 6.74. The van der Waals surface area contributed by atoms with Crippen molar-refractivity contribution in [1.82, 2.24) is 4.98 Å². The number of fused-ring (bicyclic) bond motifs is 2. The van der Waals surface area contributed by atoms with Gasteiger partial charge in [-0.05, 0) is 36.4 Å². The number of benzene rings is 2. The summed E-state index contributed by atoms with van der Waals surface area (Å²) in [5.41, 5.74) is 14.3. The molecule has 0 bridgehead atoms. The van der Waals surface area contributed by atoms with Crippen LogP contribution in [-0.4, -0.2) is 16.1 Å². The van der Waals surface area contributed by atoms with Crippen LogP contribution in [0.15, 0.2) is 45.2 Å². The molecule has 0 unspecified atom stereocenters. The number of oxazole rings is 1. The number of carboxylic acids is 1. The Morgan fingerprint density at radius 1 is 1.04 bits per heavy atom. The Kier molecular flexibility index (Phi) is 2.59. The van der Waals surface area contributed by atoms with Crippen molar-refractivity contribution in [2.45, 2.75) is 0 Å². The second-order valence-corrected chi connectivity index (χ2v) is 5.11. The van der Waals surface area contributed by atoms with E-state index in [2.05, 4.69) is 4.98 Å². The predicted octanol–water partition coefficient (Wildman–Crippen LogP) is 3.10. The monoisotopic (exact) mass is 309 g/mol. The van der Waals surface area contributed by atoms with E-state index < -0.39 is 5.97 Å². The Labute approximate surface area is 129 Å². The Balaban J connectivity index is 1.91. The van der Waals surface area contributed by atoms with Gasteiger partial charge >= 0.3 is 5.97 Å². The summed E-state index contributed by atoms with van der Waals surface area (Å²) in [5, 5.41) is 9.70. The lowest BCUT2D eigenvalue weighted by Gasteiger charge is -1.92. The third-order valence-corrected chi connectivity index (χ3v) is 3.58. The summed E-state index contributed by atoms with van der Waals surface area (Å²) in [7, 11) is 0. The topological polar surface area (TPSA) is 129 Å². The summed E-state index contributed by atoms with van der Waals surface area (Å²) in [5.74, 6) is -0.558. The molecule has 7 nitrogen and oxygen atoms in total. The molecule has 0 saturated heterocycles. The second-order valence-electron chi connectivity index (χ2n) is 5.11. The summed E-state index contributed by atoms with van der Waals surface area (Å²) >= 11 is 0. The fourth-order valence-electron chi connectivity index (χ4n) is 2.45. The first kappa shape index (κ1) is 13.2. The minimum atomic E-state index is -1.04. The van der Waals surface area contributed by atoms with Crippen molar-refractivity contribution < 1.29 is 18.7 Å². The Morgan fingerprint density at radius 2 is 1.87 bits per heavy atom. The van der Waals surface area contributed by atoms with E-state index in [1.54, 1.807) is 24.3 Å². The first-order chi connectivity index (χ1) is 11.0. The number of furan rings is 1. The van der Waals surface area contributed by atoms with Crippen molar-refractivity contribution in [1.29, 1.82) is 0 Å². The van der Waals surface area contributed by atoms with Crippen molar-refractivity contribution in [2.24, 2.45) is 0 Å². The van der Waals surface area contributed by atoms with Gasteiger partial charge < -0.3 is 25.4 Å². The van der Waals surface area contributed by atoms with Crippen LogP contribution in [0, 0.1) is 0 Å². The van der Waals surface area contributed by atoms with E-state index in [1.165, 1.54) is 12.1 Å². The molecule has 0 amide bonds. The molecule has 2 heterocycles. The highest BCUT2D eigenvalue weighted by molar-refractivity contribution is 5.98. The van der Waals surface area contributed by atoms with Crippen LogP contribution in [0.5, 0.6) is 0 Å². The van der Waals surface area contributed by atoms with Crippen molar-refractivity contribution >= 4 is 39.4 Å². The molecule has 2 aromatic heterocycles. The van der Waals surface area contributed by atoms with Crippen LogP contribution in [0.1, 0.15) is 10.4 Å². The average Bonchev–Trinajstić information content (AvgIpc) is 3.08. The zero-order valence-corrected chi connectivity index (χ0v) is 11.7. The van der Waals surface area contributed by atoms with E-state index in [4.69, 9.17) is 25.4 Å². The molecule has 0 aliphatic rings. The van der Waals surface area contributed by atoms with E-state index in [1.807, 2.05) is 0 Å². The highest BCUT2D eigenvalue weighted by atomic mass is 16.4. The number of nitrogens with zero attached hydrogens (tertiary/aromatic N) is 1. The molecular weight excluding hydrogens is 298 g/mol. The molecule has 114 valence electrons. The molecule has 0 aliphatic heterocycles. The number of aromatic nitrogens is 1. The van der Waals surface area contributed by atoms with E-state index >= 15 is 0 Å². The number of carboxylic acid groups (broad SMARTS) is 1. The first-order valence-corrected chi connectivity index (χ1v) is 6.74. The van der Waals surface area contributed by atoms with Gasteiger partial charge in [0.1, 0.15) is 11.1 Å². The summed E-state index contributed by atoms with van der Waals surface area (Å²) in [6, 6.07) is 9.58. The Hall–Kier alpha value is -3.48. The van der Waals surface area contributed by atoms with Crippen molar-refractivity contribution in [3.63, 3.8) is 0 Å². The van der Waals surface area contributed by atoms with E-state index in [0.717, 1.165) is 0 Å². The van der Waals surface area contributed by atoms with Gasteiger partial charge in [0.25, 0.3) is 5.89 Å². The minimum absolute atomic E-state index is 0.116. The number of nitrogens with two attached hydrogens (primary N) is 2. The van der Waals surface area contributed by atoms with Gasteiger partial charge in [-0.3, -0.25) is 0 Å². The molecule has 0 atom stereocenters. The lowest BCUT2D eigenvalue weighted by atomic mass is 10.2. The molecule has 0 aliphatic carbocycles. The smallest absolute Gasteiger partial charge is 0.335 e. The van der Waals surface area contributed by atoms with Gasteiger partial charge in [0, 0.05) is 11.1 Å². The van der Waals surface area contributed by atoms with Gasteiger partial charge in [0.05, 0.1) is 11.3 Å². The molecule has 0 radical (unpaired) electrons. The number of hydrogen-bond acceptors (Lipinski definition) is 6. The molecule has 0 saturated carbocycles. The summed E-state index contributed by atoms with van der Waals surface area (Å²) in [6.07, 6.45) is 0. The standard InChI is InChI=1S/C16H11N3O4/c17-8-2-4-11-9(6-8)13(18)14(22-11)15-19-10-3-1-7(16(20)21)5-12(10)23-15/h1-6H,17-18H2,(H,20,21). The van der Waals surface area contributed by atoms with Gasteiger partial charge in [0.2, 0.25) is 5.76 Å². The lowest BCUT2D eigenvalue weighted by molar-refractivity contribution is 0.0697. The zero-order chi connectivity index (χ0) is 16.1. The fourth-order valence-corrected chi connectivity index (χ4v) is 2.45. The normalized spacial score (nSPS) is 11.3. The highest BCUT2D eigenvalue weighted by Gasteiger charge is 2.19. The number of aromatic carboxylic acids is 1. The van der Waals surface area contributed by atoms with E-state index in [-0.39, 0.29) is 11.5 Å². The SMILES string of the molecule is Nc1ccc2oc(-c3nc4ccc(C(=O)O)cc4o3)c(N)c2c1. The van der Waals surface area contributed by atoms with Crippen LogP contribution in [0.3, 0.4) is 0 Å². The summed E-state index contributed by atoms with van der Waals surface area (Å²) < 4.78 is 11.3. The molecule has 23 heavy (non-hydrogen) atoms. The van der Waals surface area contributed by atoms with Gasteiger partial charge in [-0.25, -0.2) is 9.78 Å². The largest absolute Gasteiger partial charge is 0.478 e. The van der Waals surface area contributed by atoms with Crippen LogP contribution in [0.25, 0.3) is 33.7 Å². The summed E-state index contributed by atoms with van der Waals surface area (Å²) in [6.45, 7) is 0. The van der Waals surface area contributed by atoms with Crippen molar-refractivity contribution in [2.75, 3.05) is 11.5 Å². The van der Waals surface area contributed by atoms with Crippen molar-refractivity contribution in [3.05, 3.63) is 42.0 Å². The number of hydrogen-bond donors (Lipinski definition) is 3. The fraction of sp³-hybridized carbons (Fsp3) is 0. The molecule has 0 fully saturated rings. The number of nitrogen functional groups attached to an aromatic ring is 2. The number of carbonyl (C=O) groups is 1. The molecular formula is C16H11N3O4. The van der Waals surface area contributed by atoms with Crippen LogP contribution in [0.2, 0.25) is 0 Å². The third-order valence-electron chi connectivity index (χ3n) is 3.58. The van der Waals surface area contributed by atoms with Gasteiger partial charge in [-0.15, -0.1) is 0 Å². The number of anilines is 2. The minimum Gasteiger partial charge on any atom is -0.478 e. The zero-order valence-electron chi connectivity index (χ0n) is 11.7. The Bertz CT molecular complexity index is 1080. The van der Waals surface area contributed by atoms with Crippen LogP contribution < -0.4 is 11.5 Å². The quantitative estimate of drug-likeness (QED) is 0.485. The summed E-state index contributed by atoms with van der Waals surface area (Å²) in [4.78, 5) is 15.3. The van der Waals surface area contributed by atoms with Gasteiger partial charge in [-0.2, -0.15) is 0 Å². The van der Waals surface area contributed by atoms with Gasteiger partial charge in [-0.1, -0.05) is 0 Å². The van der Waals surface area contributed by atoms with Crippen molar-refractivity contribution in [3.8, 4) is 11.7 Å². The lowest BCUT2D eigenvalue weighted by Crippen LogP contribution is -1.94. The molecule has 5 N–H and O–H groups in total. The molecule has 4 rings (SSSR count). The van der Waals surface area contributed by atoms with E-state index in [0.29, 0.717) is 39.2 Å². The average molecular weight is 309 g/mol. The molecule has 2 aromatic carbocycles. The molecule has 4 aromatic rings. The third kappa shape index (κ3) is 1.98. The molecule has 7 heteroatoms. The maximum Gasteiger partial charge on any atom is 0.335 e. The van der Waals surface area contributed by atoms with Gasteiger partial charge in [0.15, 0.2) is 5.58 Å². The predicted molar refractivity (Wildman–Crippen MR) is 85.0 cm³/mol. The van der Waals surface area contributed by atoms with Crippen LogP contribution in [0.4, 0.5) is 11.4 Å². The van der Waals surface area contributed by atoms with Crippen LogP contribution >= 0.6 is 0 Å². The van der Waals surface area contributed by atoms with E-state index in [9.17, 15) is 4.79 Å². The second kappa shape index (κ2) is 4.51. The van der Waals surface area contributed by atoms with Crippen LogP contribution in [-0.2, 0) is 0 Å². The Morgan fingerprint density at radius 3 is 2.65 bits per heavy atom. The number of rotatable bonds is 2. The maximum absolute atomic E-state index is 11.0. The molecule has 0 spiro atoms.